The van der Waals surface area contributed by atoms with Crippen LogP contribution in [0.25, 0.3) is 0 Å². The first-order valence-electron chi connectivity index (χ1n) is 5.22. The van der Waals surface area contributed by atoms with Gasteiger partial charge in [0.15, 0.2) is 0 Å². The van der Waals surface area contributed by atoms with Gasteiger partial charge in [-0.3, -0.25) is 0 Å². The van der Waals surface area contributed by atoms with Gasteiger partial charge in [-0.2, -0.15) is 0 Å². The number of hydrogen-bond donors (Lipinski definition) is 1. The van der Waals surface area contributed by atoms with Gasteiger partial charge >= 0.3 is 0 Å². The van der Waals surface area contributed by atoms with Crippen LogP contribution in [0.5, 0.6) is 0 Å². The van der Waals surface area contributed by atoms with Gasteiger partial charge < -0.3 is 10.2 Å². The van der Waals surface area contributed by atoms with Crippen molar-refractivity contribution in [1.82, 2.24) is 4.98 Å². The third-order valence-electron chi connectivity index (χ3n) is 2.36. The summed E-state index contributed by atoms with van der Waals surface area (Å²) in [7, 11) is 0. The van der Waals surface area contributed by atoms with E-state index in [9.17, 15) is 0 Å². The molecule has 0 aliphatic rings. The second kappa shape index (κ2) is 5.18. The van der Waals surface area contributed by atoms with Crippen molar-refractivity contribution < 1.29 is 4.42 Å². The summed E-state index contributed by atoms with van der Waals surface area (Å²) in [6.45, 7) is 2.08. The van der Waals surface area contributed by atoms with Crippen molar-refractivity contribution in [3.05, 3.63) is 42.3 Å². The first-order chi connectivity index (χ1) is 7.79. The Labute approximate surface area is 99.1 Å². The lowest BCUT2D eigenvalue weighted by molar-refractivity contribution is 0.454. The summed E-state index contributed by atoms with van der Waals surface area (Å²) in [5.74, 6) is 0. The molecule has 0 aliphatic carbocycles. The Balaban J connectivity index is 2.07. The molecule has 4 heteroatoms. The minimum Gasteiger partial charge on any atom is -0.440 e. The lowest BCUT2D eigenvalue weighted by atomic mass is 10.1. The van der Waals surface area contributed by atoms with E-state index in [2.05, 4.69) is 24.0 Å². The summed E-state index contributed by atoms with van der Waals surface area (Å²) >= 11 is 1.50. The Morgan fingerprint density at radius 1 is 1.38 bits per heavy atom. The van der Waals surface area contributed by atoms with Crippen LogP contribution in [0.2, 0.25) is 0 Å². The van der Waals surface area contributed by atoms with Crippen LogP contribution >= 0.6 is 11.8 Å². The molecule has 1 aromatic carbocycles. The average molecular weight is 234 g/mol. The van der Waals surface area contributed by atoms with E-state index in [0.717, 1.165) is 11.3 Å². The molecule has 0 spiro atoms. The number of hydrogen-bond acceptors (Lipinski definition) is 4. The molecule has 3 nitrogen and oxygen atoms in total. The molecule has 2 aromatic rings. The number of oxazole rings is 1. The van der Waals surface area contributed by atoms with E-state index in [1.807, 2.05) is 12.1 Å². The van der Waals surface area contributed by atoms with Gasteiger partial charge in [-0.15, -0.1) is 0 Å². The molecule has 1 heterocycles. The van der Waals surface area contributed by atoms with Crippen LogP contribution < -0.4 is 5.73 Å². The van der Waals surface area contributed by atoms with E-state index in [0.29, 0.717) is 5.22 Å². The predicted molar refractivity (Wildman–Crippen MR) is 64.3 cm³/mol. The Bertz CT molecular complexity index is 425. The largest absolute Gasteiger partial charge is 0.440 e. The van der Waals surface area contributed by atoms with Gasteiger partial charge in [0.2, 0.25) is 0 Å². The summed E-state index contributed by atoms with van der Waals surface area (Å²) in [6.07, 6.45) is 4.17. The number of nitrogens with two attached hydrogens (primary N) is 1. The van der Waals surface area contributed by atoms with Gasteiger partial charge in [-0.25, -0.2) is 4.98 Å². The maximum Gasteiger partial charge on any atom is 0.260 e. The molecule has 0 bridgehead atoms. The van der Waals surface area contributed by atoms with Crippen LogP contribution in [0.15, 0.2) is 51.3 Å². The first-order valence-corrected chi connectivity index (χ1v) is 6.04. The van der Waals surface area contributed by atoms with E-state index < -0.39 is 0 Å². The van der Waals surface area contributed by atoms with E-state index in [1.165, 1.54) is 17.3 Å². The maximum atomic E-state index is 5.94. The fourth-order valence-corrected chi connectivity index (χ4v) is 2.07. The Morgan fingerprint density at radius 2 is 2.12 bits per heavy atom. The van der Waals surface area contributed by atoms with Crippen LogP contribution in [0.1, 0.15) is 24.9 Å². The molecule has 0 radical (unpaired) electrons. The zero-order valence-electron chi connectivity index (χ0n) is 9.09. The Morgan fingerprint density at radius 3 is 2.69 bits per heavy atom. The minimum absolute atomic E-state index is 0.126. The molecule has 1 atom stereocenters. The van der Waals surface area contributed by atoms with Gasteiger partial charge in [0, 0.05) is 10.9 Å². The van der Waals surface area contributed by atoms with Crippen LogP contribution in [0.3, 0.4) is 0 Å². The van der Waals surface area contributed by atoms with Crippen molar-refractivity contribution >= 4 is 11.8 Å². The Kier molecular flexibility index (Phi) is 3.64. The number of benzene rings is 1. The summed E-state index contributed by atoms with van der Waals surface area (Å²) < 4.78 is 5.16. The van der Waals surface area contributed by atoms with E-state index in [-0.39, 0.29) is 6.04 Å². The van der Waals surface area contributed by atoms with Crippen molar-refractivity contribution in [2.24, 2.45) is 5.73 Å². The van der Waals surface area contributed by atoms with Gasteiger partial charge in [0.25, 0.3) is 5.22 Å². The molecule has 0 amide bonds. The van der Waals surface area contributed by atoms with Gasteiger partial charge in [0.1, 0.15) is 6.26 Å². The highest BCUT2D eigenvalue weighted by molar-refractivity contribution is 7.99. The van der Waals surface area contributed by atoms with Crippen molar-refractivity contribution in [1.29, 1.82) is 0 Å². The molecule has 1 unspecified atom stereocenters. The fourth-order valence-electron chi connectivity index (χ4n) is 1.38. The topological polar surface area (TPSA) is 52.0 Å². The second-order valence-corrected chi connectivity index (χ2v) is 4.51. The monoisotopic (exact) mass is 234 g/mol. The lowest BCUT2D eigenvalue weighted by Crippen LogP contribution is -2.07. The van der Waals surface area contributed by atoms with E-state index >= 15 is 0 Å². The first kappa shape index (κ1) is 11.2. The minimum atomic E-state index is 0.126. The smallest absolute Gasteiger partial charge is 0.260 e. The standard InChI is InChI=1S/C12H14N2OS/c1-2-11(13)9-3-5-10(6-4-9)16-12-14-7-8-15-12/h3-8,11H,2,13H2,1H3. The van der Waals surface area contributed by atoms with Crippen molar-refractivity contribution in [3.8, 4) is 0 Å². The average Bonchev–Trinajstić information content (AvgIpc) is 2.82. The fraction of sp³-hybridized carbons (Fsp3) is 0.250. The highest BCUT2D eigenvalue weighted by Crippen LogP contribution is 2.27. The summed E-state index contributed by atoms with van der Waals surface area (Å²) in [5, 5.41) is 0.660. The lowest BCUT2D eigenvalue weighted by Gasteiger charge is -2.08. The van der Waals surface area contributed by atoms with E-state index in [1.54, 1.807) is 12.5 Å². The van der Waals surface area contributed by atoms with Gasteiger partial charge in [-0.05, 0) is 35.9 Å². The molecule has 0 aliphatic heterocycles. The molecule has 2 rings (SSSR count). The van der Waals surface area contributed by atoms with Crippen LogP contribution in [-0.2, 0) is 0 Å². The van der Waals surface area contributed by atoms with Gasteiger partial charge in [0.05, 0.1) is 6.20 Å². The molecular formula is C12H14N2OS. The number of aromatic nitrogens is 1. The van der Waals surface area contributed by atoms with Crippen molar-refractivity contribution in [2.45, 2.75) is 29.5 Å². The molecule has 84 valence electrons. The second-order valence-electron chi connectivity index (χ2n) is 3.48. The third-order valence-corrected chi connectivity index (χ3v) is 3.25. The quantitative estimate of drug-likeness (QED) is 0.882. The maximum absolute atomic E-state index is 5.94. The number of rotatable bonds is 4. The van der Waals surface area contributed by atoms with Crippen LogP contribution in [0.4, 0.5) is 0 Å². The summed E-state index contributed by atoms with van der Waals surface area (Å²) in [6, 6.07) is 8.32. The van der Waals surface area contributed by atoms with Gasteiger partial charge in [-0.1, -0.05) is 19.1 Å². The molecule has 16 heavy (non-hydrogen) atoms. The number of nitrogens with zero attached hydrogens (tertiary/aromatic N) is 1. The zero-order valence-corrected chi connectivity index (χ0v) is 9.91. The normalized spacial score (nSPS) is 12.6. The zero-order chi connectivity index (χ0) is 11.4. The van der Waals surface area contributed by atoms with Crippen molar-refractivity contribution in [3.63, 3.8) is 0 Å². The molecule has 2 N–H and O–H groups in total. The molecule has 0 fully saturated rings. The molecule has 1 aromatic heterocycles. The Hall–Kier alpha value is -1.26. The highest BCUT2D eigenvalue weighted by Gasteiger charge is 2.04. The van der Waals surface area contributed by atoms with Crippen LogP contribution in [-0.4, -0.2) is 4.98 Å². The SMILES string of the molecule is CCC(N)c1ccc(Sc2ncco2)cc1. The molecule has 0 saturated heterocycles. The molecule has 0 saturated carbocycles. The van der Waals surface area contributed by atoms with Crippen LogP contribution in [0, 0.1) is 0 Å². The van der Waals surface area contributed by atoms with Crippen molar-refractivity contribution in [2.75, 3.05) is 0 Å². The highest BCUT2D eigenvalue weighted by atomic mass is 32.2. The summed E-state index contributed by atoms with van der Waals surface area (Å²) in [5.41, 5.74) is 7.11. The third kappa shape index (κ3) is 2.65. The molecular weight excluding hydrogens is 220 g/mol. The van der Waals surface area contributed by atoms with E-state index in [4.69, 9.17) is 10.2 Å². The summed E-state index contributed by atoms with van der Waals surface area (Å²) in [4.78, 5) is 5.16. The predicted octanol–water partition coefficient (Wildman–Crippen LogP) is 3.24.